The number of thiazole rings is 1. The average molecular weight is 470 g/mol. The summed E-state index contributed by atoms with van der Waals surface area (Å²) in [6.45, 7) is 1.58. The summed E-state index contributed by atoms with van der Waals surface area (Å²) in [7, 11) is 3.25. The minimum Gasteiger partial charge on any atom is -0.497 e. The molecule has 0 atom stereocenters. The zero-order valence-electron chi connectivity index (χ0n) is 18.0. The first kappa shape index (κ1) is 22.3. The first-order valence-electron chi connectivity index (χ1n) is 10.2. The van der Waals surface area contributed by atoms with Crippen molar-refractivity contribution < 1.29 is 14.3 Å². The van der Waals surface area contributed by atoms with Crippen molar-refractivity contribution in [2.45, 2.75) is 6.42 Å². The molecule has 166 valence electrons. The second-order valence-electron chi connectivity index (χ2n) is 7.28. The maximum absolute atomic E-state index is 13.1. The standard InChI is InChI=1S/C24H24ClN3O3S/c1-30-14-13-27(23(29)18-5-9-21(31-2)10-6-18)12-11-20-16-32-24-26-22(15-28(20)24)17-3-7-19(25)8-4-17/h3-10,15-16H,11-14H2,1-2H3. The van der Waals surface area contributed by atoms with Crippen molar-refractivity contribution >= 4 is 33.8 Å². The second-order valence-corrected chi connectivity index (χ2v) is 8.55. The Morgan fingerprint density at radius 3 is 2.53 bits per heavy atom. The quantitative estimate of drug-likeness (QED) is 0.344. The number of amides is 1. The Balaban J connectivity index is 1.50. The fourth-order valence-corrected chi connectivity index (χ4v) is 4.48. The predicted octanol–water partition coefficient (Wildman–Crippen LogP) is 5.06. The first-order chi connectivity index (χ1) is 15.6. The number of carbonyl (C=O) groups excluding carboxylic acids is 1. The van der Waals surface area contributed by atoms with Crippen LogP contribution in [0.3, 0.4) is 0 Å². The number of benzene rings is 2. The SMILES string of the molecule is COCCN(CCc1csc2nc(-c3ccc(Cl)cc3)cn12)C(=O)c1ccc(OC)cc1. The largest absolute Gasteiger partial charge is 0.497 e. The molecule has 6 nitrogen and oxygen atoms in total. The number of fused-ring (bicyclic) bond motifs is 1. The third kappa shape index (κ3) is 4.96. The Kier molecular flexibility index (Phi) is 7.09. The molecule has 0 radical (unpaired) electrons. The number of aromatic nitrogens is 2. The Bertz CT molecular complexity index is 1190. The van der Waals surface area contributed by atoms with Crippen molar-refractivity contribution in [3.8, 4) is 17.0 Å². The van der Waals surface area contributed by atoms with Crippen LogP contribution >= 0.6 is 22.9 Å². The van der Waals surface area contributed by atoms with Crippen molar-refractivity contribution in [3.05, 3.63) is 76.4 Å². The lowest BCUT2D eigenvalue weighted by atomic mass is 10.1. The molecule has 2 aromatic heterocycles. The number of hydrogen-bond acceptors (Lipinski definition) is 5. The lowest BCUT2D eigenvalue weighted by molar-refractivity contribution is 0.0697. The molecular weight excluding hydrogens is 446 g/mol. The van der Waals surface area contributed by atoms with Crippen molar-refractivity contribution in [2.75, 3.05) is 33.9 Å². The van der Waals surface area contributed by atoms with Gasteiger partial charge in [-0.25, -0.2) is 4.98 Å². The summed E-state index contributed by atoms with van der Waals surface area (Å²) in [6.07, 6.45) is 2.75. The fraction of sp³-hybridized carbons (Fsp3) is 0.250. The van der Waals surface area contributed by atoms with Crippen LogP contribution in [0.4, 0.5) is 0 Å². The maximum Gasteiger partial charge on any atom is 0.253 e. The molecule has 8 heteroatoms. The Morgan fingerprint density at radius 2 is 1.84 bits per heavy atom. The van der Waals surface area contributed by atoms with E-state index in [-0.39, 0.29) is 5.91 Å². The molecule has 2 aromatic carbocycles. The highest BCUT2D eigenvalue weighted by molar-refractivity contribution is 7.15. The predicted molar refractivity (Wildman–Crippen MR) is 128 cm³/mol. The van der Waals surface area contributed by atoms with Gasteiger partial charge in [0.15, 0.2) is 4.96 Å². The zero-order valence-corrected chi connectivity index (χ0v) is 19.5. The Hall–Kier alpha value is -2.87. The van der Waals surface area contributed by atoms with Gasteiger partial charge in [0.25, 0.3) is 5.91 Å². The van der Waals surface area contributed by atoms with Gasteiger partial charge in [-0.3, -0.25) is 9.20 Å². The van der Waals surface area contributed by atoms with Gasteiger partial charge >= 0.3 is 0 Å². The number of ether oxygens (including phenoxy) is 2. The van der Waals surface area contributed by atoms with Gasteiger partial charge in [-0.15, -0.1) is 11.3 Å². The van der Waals surface area contributed by atoms with E-state index in [1.54, 1.807) is 49.8 Å². The normalized spacial score (nSPS) is 11.1. The lowest BCUT2D eigenvalue weighted by Crippen LogP contribution is -2.35. The van der Waals surface area contributed by atoms with Crippen LogP contribution in [0.25, 0.3) is 16.2 Å². The molecule has 2 heterocycles. The highest BCUT2D eigenvalue weighted by Gasteiger charge is 2.17. The molecule has 0 aliphatic rings. The fourth-order valence-electron chi connectivity index (χ4n) is 3.45. The van der Waals surface area contributed by atoms with Crippen LogP contribution in [0.1, 0.15) is 16.1 Å². The minimum absolute atomic E-state index is 0.0244. The molecule has 0 spiro atoms. The number of carbonyl (C=O) groups is 1. The number of methoxy groups -OCH3 is 2. The highest BCUT2D eigenvalue weighted by Crippen LogP contribution is 2.25. The summed E-state index contributed by atoms with van der Waals surface area (Å²) in [6, 6.07) is 14.8. The van der Waals surface area contributed by atoms with E-state index in [2.05, 4.69) is 9.78 Å². The van der Waals surface area contributed by atoms with Gasteiger partial charge < -0.3 is 14.4 Å². The van der Waals surface area contributed by atoms with Gasteiger partial charge in [-0.05, 0) is 36.4 Å². The van der Waals surface area contributed by atoms with Crippen LogP contribution < -0.4 is 4.74 Å². The molecular formula is C24H24ClN3O3S. The molecule has 0 saturated heterocycles. The van der Waals surface area contributed by atoms with E-state index in [9.17, 15) is 4.79 Å². The molecule has 0 bridgehead atoms. The molecule has 4 rings (SSSR count). The first-order valence-corrected chi connectivity index (χ1v) is 11.5. The molecule has 0 fully saturated rings. The number of nitrogens with zero attached hydrogens (tertiary/aromatic N) is 3. The van der Waals surface area contributed by atoms with Gasteiger partial charge in [-0.1, -0.05) is 23.7 Å². The molecule has 4 aromatic rings. The number of halogens is 1. The van der Waals surface area contributed by atoms with Crippen molar-refractivity contribution in [1.29, 1.82) is 0 Å². The number of rotatable bonds is 9. The van der Waals surface area contributed by atoms with E-state index in [1.165, 1.54) is 0 Å². The summed E-state index contributed by atoms with van der Waals surface area (Å²) in [5.74, 6) is 0.700. The van der Waals surface area contributed by atoms with Gasteiger partial charge in [-0.2, -0.15) is 0 Å². The van der Waals surface area contributed by atoms with Crippen LogP contribution in [0.15, 0.2) is 60.1 Å². The summed E-state index contributed by atoms with van der Waals surface area (Å²) >= 11 is 7.60. The molecule has 32 heavy (non-hydrogen) atoms. The van der Waals surface area contributed by atoms with Crippen LogP contribution in [0.2, 0.25) is 5.02 Å². The van der Waals surface area contributed by atoms with Crippen molar-refractivity contribution in [2.24, 2.45) is 0 Å². The van der Waals surface area contributed by atoms with Crippen molar-refractivity contribution in [1.82, 2.24) is 14.3 Å². The van der Waals surface area contributed by atoms with Gasteiger partial charge in [0, 0.05) is 60.0 Å². The molecule has 1 amide bonds. The zero-order chi connectivity index (χ0) is 22.5. The number of hydrogen-bond donors (Lipinski definition) is 0. The molecule has 0 unspecified atom stereocenters. The van der Waals surface area contributed by atoms with E-state index in [1.807, 2.05) is 35.4 Å². The van der Waals surface area contributed by atoms with Crippen LogP contribution in [0.5, 0.6) is 5.75 Å². The minimum atomic E-state index is -0.0244. The van der Waals surface area contributed by atoms with Gasteiger partial charge in [0.05, 0.1) is 19.4 Å². The molecule has 0 aliphatic carbocycles. The monoisotopic (exact) mass is 469 g/mol. The van der Waals surface area contributed by atoms with E-state index in [0.29, 0.717) is 36.7 Å². The molecule has 0 saturated carbocycles. The molecule has 0 aliphatic heterocycles. The average Bonchev–Trinajstić information content (AvgIpc) is 3.41. The smallest absolute Gasteiger partial charge is 0.253 e. The highest BCUT2D eigenvalue weighted by atomic mass is 35.5. The van der Waals surface area contributed by atoms with Crippen LogP contribution in [-0.4, -0.2) is 54.1 Å². The third-order valence-corrected chi connectivity index (χ3v) is 6.39. The lowest BCUT2D eigenvalue weighted by Gasteiger charge is -2.22. The summed E-state index contributed by atoms with van der Waals surface area (Å²) in [5.41, 5.74) is 3.67. The van der Waals surface area contributed by atoms with Gasteiger partial charge in [0.2, 0.25) is 0 Å². The van der Waals surface area contributed by atoms with Crippen molar-refractivity contribution in [3.63, 3.8) is 0 Å². The number of imidazole rings is 1. The Morgan fingerprint density at radius 1 is 1.09 bits per heavy atom. The van der Waals surface area contributed by atoms with Crippen LogP contribution in [-0.2, 0) is 11.2 Å². The van der Waals surface area contributed by atoms with E-state index >= 15 is 0 Å². The second kappa shape index (κ2) is 10.2. The van der Waals surface area contributed by atoms with Gasteiger partial charge in [0.1, 0.15) is 5.75 Å². The Labute approximate surface area is 196 Å². The van der Waals surface area contributed by atoms with E-state index in [4.69, 9.17) is 26.1 Å². The summed E-state index contributed by atoms with van der Waals surface area (Å²) in [5, 5.41) is 2.80. The van der Waals surface area contributed by atoms with Crippen LogP contribution in [0, 0.1) is 0 Å². The third-order valence-electron chi connectivity index (χ3n) is 5.25. The maximum atomic E-state index is 13.1. The summed E-state index contributed by atoms with van der Waals surface area (Å²) < 4.78 is 12.5. The summed E-state index contributed by atoms with van der Waals surface area (Å²) in [4.78, 5) is 20.6. The van der Waals surface area contributed by atoms with E-state index in [0.717, 1.165) is 27.7 Å². The van der Waals surface area contributed by atoms with E-state index < -0.39 is 0 Å². The topological polar surface area (TPSA) is 56.1 Å². The molecule has 0 N–H and O–H groups in total.